The van der Waals surface area contributed by atoms with Gasteiger partial charge in [0.15, 0.2) is 0 Å². The summed E-state index contributed by atoms with van der Waals surface area (Å²) < 4.78 is 1.10. The molecule has 90 valence electrons. The number of piperazine rings is 1. The number of nitrogens with zero attached hydrogens (tertiary/aromatic N) is 2. The Balaban J connectivity index is 2.22. The average Bonchev–Trinajstić information content (AvgIpc) is 2.38. The van der Waals surface area contributed by atoms with Crippen LogP contribution in [0.2, 0.25) is 0 Å². The first-order valence-electron chi connectivity index (χ1n) is 5.89. The zero-order chi connectivity index (χ0) is 12.1. The van der Waals surface area contributed by atoms with Crippen LogP contribution in [0.15, 0.2) is 28.7 Å². The predicted octanol–water partition coefficient (Wildman–Crippen LogP) is 2.31. The molecule has 3 nitrogen and oxygen atoms in total. The standard InChI is InChI=1S/C13H16BrN3/c14-12-4-2-1-3-11(12)13(5-6-15)17-9-7-16-8-10-17/h1-4,13,16H,5,7-10H2/t13-/m0/s1. The lowest BCUT2D eigenvalue weighted by atomic mass is 10.0. The van der Waals surface area contributed by atoms with Crippen molar-refractivity contribution in [2.24, 2.45) is 0 Å². The van der Waals surface area contributed by atoms with Gasteiger partial charge in [-0.25, -0.2) is 0 Å². The lowest BCUT2D eigenvalue weighted by Gasteiger charge is -2.34. The maximum Gasteiger partial charge on any atom is 0.0641 e. The van der Waals surface area contributed by atoms with Gasteiger partial charge in [-0.15, -0.1) is 0 Å². The first-order valence-corrected chi connectivity index (χ1v) is 6.68. The molecule has 4 heteroatoms. The number of nitriles is 1. The first kappa shape index (κ1) is 12.6. The smallest absolute Gasteiger partial charge is 0.0641 e. The van der Waals surface area contributed by atoms with Gasteiger partial charge in [-0.1, -0.05) is 34.1 Å². The topological polar surface area (TPSA) is 39.1 Å². The van der Waals surface area contributed by atoms with Crippen LogP contribution >= 0.6 is 15.9 Å². The largest absolute Gasteiger partial charge is 0.314 e. The van der Waals surface area contributed by atoms with Crippen molar-refractivity contribution in [2.75, 3.05) is 26.2 Å². The van der Waals surface area contributed by atoms with Crippen LogP contribution in [0.25, 0.3) is 0 Å². The van der Waals surface area contributed by atoms with Crippen LogP contribution in [0.4, 0.5) is 0 Å². The molecular weight excluding hydrogens is 278 g/mol. The minimum atomic E-state index is 0.206. The van der Waals surface area contributed by atoms with Crippen molar-refractivity contribution in [2.45, 2.75) is 12.5 Å². The second-order valence-electron chi connectivity index (χ2n) is 4.19. The molecule has 1 atom stereocenters. The molecule has 1 N–H and O–H groups in total. The minimum absolute atomic E-state index is 0.206. The van der Waals surface area contributed by atoms with Crippen molar-refractivity contribution >= 4 is 15.9 Å². The molecule has 0 unspecified atom stereocenters. The summed E-state index contributed by atoms with van der Waals surface area (Å²) in [6.07, 6.45) is 0.544. The molecule has 1 aromatic rings. The van der Waals surface area contributed by atoms with Crippen LogP contribution in [-0.2, 0) is 0 Å². The molecule has 17 heavy (non-hydrogen) atoms. The SMILES string of the molecule is N#CC[C@@H](c1ccccc1Br)N1CCNCC1. The second-order valence-corrected chi connectivity index (χ2v) is 5.04. The molecule has 0 radical (unpaired) electrons. The highest BCUT2D eigenvalue weighted by Crippen LogP contribution is 2.30. The van der Waals surface area contributed by atoms with Gasteiger partial charge in [0, 0.05) is 36.7 Å². The Morgan fingerprint density at radius 2 is 2.06 bits per heavy atom. The van der Waals surface area contributed by atoms with Crippen molar-refractivity contribution in [3.05, 3.63) is 34.3 Å². The molecule has 0 amide bonds. The Labute approximate surface area is 111 Å². The summed E-state index contributed by atoms with van der Waals surface area (Å²) in [5, 5.41) is 12.4. The van der Waals surface area contributed by atoms with Gasteiger partial charge in [-0.05, 0) is 11.6 Å². The van der Waals surface area contributed by atoms with Crippen LogP contribution in [0.5, 0.6) is 0 Å². The van der Waals surface area contributed by atoms with E-state index in [1.54, 1.807) is 0 Å². The highest BCUT2D eigenvalue weighted by molar-refractivity contribution is 9.10. The summed E-state index contributed by atoms with van der Waals surface area (Å²) in [4.78, 5) is 2.39. The van der Waals surface area contributed by atoms with Gasteiger partial charge in [-0.2, -0.15) is 5.26 Å². The fourth-order valence-corrected chi connectivity index (χ4v) is 2.81. The summed E-state index contributed by atoms with van der Waals surface area (Å²) in [5.74, 6) is 0. The van der Waals surface area contributed by atoms with Crippen molar-refractivity contribution in [1.82, 2.24) is 10.2 Å². The van der Waals surface area contributed by atoms with Crippen molar-refractivity contribution in [1.29, 1.82) is 5.26 Å². The lowest BCUT2D eigenvalue weighted by Crippen LogP contribution is -2.45. The quantitative estimate of drug-likeness (QED) is 0.930. The summed E-state index contributed by atoms with van der Waals surface area (Å²) in [6.45, 7) is 4.03. The van der Waals surface area contributed by atoms with Gasteiger partial charge in [0.25, 0.3) is 0 Å². The molecule has 0 spiro atoms. The normalized spacial score (nSPS) is 18.6. The van der Waals surface area contributed by atoms with E-state index in [1.807, 2.05) is 18.2 Å². The molecule has 0 bridgehead atoms. The van der Waals surface area contributed by atoms with E-state index in [0.29, 0.717) is 6.42 Å². The molecule has 1 aromatic carbocycles. The second kappa shape index (κ2) is 6.15. The van der Waals surface area contributed by atoms with E-state index >= 15 is 0 Å². The average molecular weight is 294 g/mol. The lowest BCUT2D eigenvalue weighted by molar-refractivity contribution is 0.175. The van der Waals surface area contributed by atoms with Crippen molar-refractivity contribution in [3.8, 4) is 6.07 Å². The monoisotopic (exact) mass is 293 g/mol. The van der Waals surface area contributed by atoms with Crippen LogP contribution in [0, 0.1) is 11.3 Å². The molecule has 1 aliphatic heterocycles. The molecule has 0 aliphatic carbocycles. The van der Waals surface area contributed by atoms with Gasteiger partial charge in [0.1, 0.15) is 0 Å². The molecule has 0 saturated carbocycles. The number of benzene rings is 1. The fraction of sp³-hybridized carbons (Fsp3) is 0.462. The fourth-order valence-electron chi connectivity index (χ4n) is 2.26. The Bertz CT molecular complexity index is 407. The number of halogens is 1. The van der Waals surface area contributed by atoms with Gasteiger partial charge < -0.3 is 5.32 Å². The van der Waals surface area contributed by atoms with Crippen LogP contribution in [0.3, 0.4) is 0 Å². The molecule has 2 rings (SSSR count). The highest BCUT2D eigenvalue weighted by atomic mass is 79.9. The van der Waals surface area contributed by atoms with E-state index in [4.69, 9.17) is 5.26 Å². The molecule has 1 aliphatic rings. The van der Waals surface area contributed by atoms with E-state index in [2.05, 4.69) is 38.3 Å². The zero-order valence-corrected chi connectivity index (χ0v) is 11.3. The Kier molecular flexibility index (Phi) is 4.55. The van der Waals surface area contributed by atoms with Crippen molar-refractivity contribution in [3.63, 3.8) is 0 Å². The van der Waals surface area contributed by atoms with Crippen LogP contribution in [0.1, 0.15) is 18.0 Å². The first-order chi connectivity index (χ1) is 8.33. The predicted molar refractivity (Wildman–Crippen MR) is 71.6 cm³/mol. The number of rotatable bonds is 3. The number of hydrogen-bond acceptors (Lipinski definition) is 3. The Morgan fingerprint density at radius 3 is 2.71 bits per heavy atom. The van der Waals surface area contributed by atoms with E-state index in [9.17, 15) is 0 Å². The van der Waals surface area contributed by atoms with Crippen LogP contribution < -0.4 is 5.32 Å². The Hall–Kier alpha value is -0.890. The highest BCUT2D eigenvalue weighted by Gasteiger charge is 2.23. The molecule has 0 aromatic heterocycles. The van der Waals surface area contributed by atoms with Crippen molar-refractivity contribution < 1.29 is 0 Å². The molecule has 1 fully saturated rings. The Morgan fingerprint density at radius 1 is 1.35 bits per heavy atom. The maximum atomic E-state index is 9.01. The molecular formula is C13H16BrN3. The van der Waals surface area contributed by atoms with E-state index < -0.39 is 0 Å². The van der Waals surface area contributed by atoms with E-state index in [-0.39, 0.29) is 6.04 Å². The summed E-state index contributed by atoms with van der Waals surface area (Å²) >= 11 is 3.58. The van der Waals surface area contributed by atoms with Gasteiger partial charge in [0.2, 0.25) is 0 Å². The number of nitrogens with one attached hydrogen (secondary N) is 1. The maximum absolute atomic E-state index is 9.01. The third-order valence-electron chi connectivity index (χ3n) is 3.14. The van der Waals surface area contributed by atoms with Gasteiger partial charge in [-0.3, -0.25) is 4.90 Å². The van der Waals surface area contributed by atoms with Gasteiger partial charge >= 0.3 is 0 Å². The third kappa shape index (κ3) is 3.06. The summed E-state index contributed by atoms with van der Waals surface area (Å²) in [7, 11) is 0. The van der Waals surface area contributed by atoms with E-state index in [1.165, 1.54) is 5.56 Å². The van der Waals surface area contributed by atoms with Crippen LogP contribution in [-0.4, -0.2) is 31.1 Å². The minimum Gasteiger partial charge on any atom is -0.314 e. The van der Waals surface area contributed by atoms with E-state index in [0.717, 1.165) is 30.7 Å². The molecule has 1 heterocycles. The number of hydrogen-bond donors (Lipinski definition) is 1. The van der Waals surface area contributed by atoms with Gasteiger partial charge in [0.05, 0.1) is 12.5 Å². The summed E-state index contributed by atoms with van der Waals surface area (Å²) in [5.41, 5.74) is 1.22. The summed E-state index contributed by atoms with van der Waals surface area (Å²) in [6, 6.07) is 10.7. The molecule has 1 saturated heterocycles. The third-order valence-corrected chi connectivity index (χ3v) is 3.86. The zero-order valence-electron chi connectivity index (χ0n) is 9.69.